The molecule has 0 unspecified atom stereocenters. The molecule has 2 aliphatic rings. The highest BCUT2D eigenvalue weighted by atomic mass is 32.2. The van der Waals surface area contributed by atoms with Crippen LogP contribution < -0.4 is 0 Å². The maximum Gasteiger partial charge on any atom is 0.306 e. The molecule has 3 aromatic rings. The first-order valence-electron chi connectivity index (χ1n) is 15.8. The van der Waals surface area contributed by atoms with Crippen LogP contribution in [0.3, 0.4) is 0 Å². The van der Waals surface area contributed by atoms with Gasteiger partial charge in [0, 0.05) is 55.6 Å². The minimum absolute atomic E-state index is 0.147. The van der Waals surface area contributed by atoms with Gasteiger partial charge in [-0.05, 0) is 34.5 Å². The number of ether oxygens (including phenoxy) is 1. The van der Waals surface area contributed by atoms with Crippen molar-refractivity contribution in [3.8, 4) is 5.97 Å². The predicted octanol–water partition coefficient (Wildman–Crippen LogP) is 10.7. The zero-order valence-electron chi connectivity index (χ0n) is 27.4. The Balaban J connectivity index is 0.000000767. The molecule has 2 heterocycles. The SMILES string of the molecule is C1CCOC1.CC(C)c1cccc(C(C)C)c1[N+]1=C([B-](C#N)(Sc2ccccc2)Sc2ccccc2)C(C)(C)CC1(C)C. The molecule has 5 rings (SSSR count). The highest BCUT2D eigenvalue weighted by Gasteiger charge is 2.57. The van der Waals surface area contributed by atoms with E-state index in [1.807, 2.05) is 12.1 Å². The van der Waals surface area contributed by atoms with E-state index < -0.39 is 4.70 Å². The van der Waals surface area contributed by atoms with E-state index in [0.717, 1.165) is 29.4 Å². The standard InChI is InChI=1S/C33H41BN2S2.C4H8O/c1-24(2)28-20-15-21-29(25(3)4)30(28)36-31(32(5,6)22-33(36,7)8)34(23-35,37-26-16-11-9-12-17-26)38-27-18-13-10-14-19-27;1-2-4-5-3-1/h9-21,24-25H,22H2,1-8H3;1-4H2. The summed E-state index contributed by atoms with van der Waals surface area (Å²) in [5, 5.41) is 11.3. The number of hydrogen-bond donors (Lipinski definition) is 0. The van der Waals surface area contributed by atoms with Crippen LogP contribution in [0.1, 0.15) is 97.6 Å². The van der Waals surface area contributed by atoms with Gasteiger partial charge in [-0.25, -0.2) is 9.84 Å². The Morgan fingerprint density at radius 3 is 1.58 bits per heavy atom. The summed E-state index contributed by atoms with van der Waals surface area (Å²) in [6, 6.07) is 27.8. The van der Waals surface area contributed by atoms with E-state index in [2.05, 4.69) is 133 Å². The van der Waals surface area contributed by atoms with E-state index in [4.69, 9.17) is 4.74 Å². The van der Waals surface area contributed by atoms with Gasteiger partial charge in [-0.2, -0.15) is 0 Å². The molecular weight excluding hydrogens is 563 g/mol. The second kappa shape index (κ2) is 14.1. The fraction of sp³-hybridized carbons (Fsp3) is 0.459. The molecule has 0 bridgehead atoms. The van der Waals surface area contributed by atoms with Gasteiger partial charge in [-0.3, -0.25) is 0 Å². The maximum absolute atomic E-state index is 11.3. The van der Waals surface area contributed by atoms with Gasteiger partial charge < -0.3 is 28.0 Å². The van der Waals surface area contributed by atoms with Crippen LogP contribution in [0.5, 0.6) is 0 Å². The second-order valence-corrected chi connectivity index (χ2v) is 16.8. The molecule has 0 amide bonds. The van der Waals surface area contributed by atoms with Crippen LogP contribution in [0, 0.1) is 16.6 Å². The van der Waals surface area contributed by atoms with Crippen LogP contribution in [-0.4, -0.2) is 33.6 Å². The molecule has 1 saturated heterocycles. The highest BCUT2D eigenvalue weighted by Crippen LogP contribution is 2.54. The van der Waals surface area contributed by atoms with Gasteiger partial charge in [-0.1, -0.05) is 120 Å². The summed E-state index contributed by atoms with van der Waals surface area (Å²) in [5.74, 6) is 3.70. The fourth-order valence-corrected chi connectivity index (χ4v) is 10.3. The Labute approximate surface area is 269 Å². The van der Waals surface area contributed by atoms with Crippen LogP contribution in [-0.2, 0) is 4.74 Å². The minimum Gasteiger partial charge on any atom is -0.381 e. The molecule has 0 atom stereocenters. The van der Waals surface area contributed by atoms with Crippen molar-refractivity contribution in [2.24, 2.45) is 5.41 Å². The number of rotatable bonds is 8. The Bertz CT molecular complexity index is 1360. The molecular formula is C37H49BN2OS2. The first kappa shape index (κ1) is 33.4. The van der Waals surface area contributed by atoms with Crippen LogP contribution in [0.2, 0.25) is 0 Å². The maximum atomic E-state index is 11.3. The molecule has 0 spiro atoms. The van der Waals surface area contributed by atoms with Crippen molar-refractivity contribution in [1.29, 1.82) is 5.26 Å². The van der Waals surface area contributed by atoms with Gasteiger partial charge in [0.05, 0.1) is 0 Å². The van der Waals surface area contributed by atoms with E-state index in [0.29, 0.717) is 11.8 Å². The Hall–Kier alpha value is -2.46. The van der Waals surface area contributed by atoms with E-state index in [1.54, 1.807) is 23.2 Å². The lowest BCUT2D eigenvalue weighted by Gasteiger charge is -2.38. The molecule has 0 aliphatic carbocycles. The van der Waals surface area contributed by atoms with Gasteiger partial charge in [0.2, 0.25) is 5.69 Å². The first-order valence-corrected chi connectivity index (χ1v) is 17.6. The third-order valence-electron chi connectivity index (χ3n) is 8.43. The summed E-state index contributed by atoms with van der Waals surface area (Å²) >= 11 is 3.49. The number of nitriles is 1. The lowest BCUT2D eigenvalue weighted by Crippen LogP contribution is -2.47. The molecule has 228 valence electrons. The molecule has 0 aromatic heterocycles. The second-order valence-electron chi connectivity index (χ2n) is 13.7. The lowest BCUT2D eigenvalue weighted by atomic mass is 9.59. The zero-order chi connectivity index (χ0) is 31.3. The van der Waals surface area contributed by atoms with Crippen molar-refractivity contribution < 1.29 is 9.31 Å². The number of nitrogens with zero attached hydrogens (tertiary/aromatic N) is 2. The molecule has 0 saturated carbocycles. The van der Waals surface area contributed by atoms with Crippen molar-refractivity contribution in [2.75, 3.05) is 13.2 Å². The van der Waals surface area contributed by atoms with E-state index in [1.165, 1.54) is 35.3 Å². The van der Waals surface area contributed by atoms with Crippen molar-refractivity contribution in [3.63, 3.8) is 0 Å². The van der Waals surface area contributed by atoms with Crippen molar-refractivity contribution in [2.45, 2.75) is 102 Å². The molecule has 1 fully saturated rings. The summed E-state index contributed by atoms with van der Waals surface area (Å²) < 4.78 is 5.77. The summed E-state index contributed by atoms with van der Waals surface area (Å²) in [7, 11) is 0. The third kappa shape index (κ3) is 7.62. The molecule has 3 nitrogen and oxygen atoms in total. The summed E-state index contributed by atoms with van der Waals surface area (Å²) in [6.45, 7) is 20.6. The third-order valence-corrected chi connectivity index (χ3v) is 11.4. The van der Waals surface area contributed by atoms with Gasteiger partial charge >= 0.3 is 4.70 Å². The molecule has 2 aliphatic heterocycles. The molecule has 3 aromatic carbocycles. The molecule has 43 heavy (non-hydrogen) atoms. The summed E-state index contributed by atoms with van der Waals surface area (Å²) in [5.41, 5.74) is 4.97. The van der Waals surface area contributed by atoms with Gasteiger partial charge in [0.25, 0.3) is 0 Å². The van der Waals surface area contributed by atoms with E-state index in [9.17, 15) is 5.26 Å². The Morgan fingerprint density at radius 1 is 0.744 bits per heavy atom. The first-order chi connectivity index (χ1) is 20.4. The summed E-state index contributed by atoms with van der Waals surface area (Å²) in [4.78, 5) is 2.26. The Morgan fingerprint density at radius 2 is 1.21 bits per heavy atom. The molecule has 6 heteroatoms. The normalized spacial score (nSPS) is 17.6. The average molecular weight is 613 g/mol. The van der Waals surface area contributed by atoms with Crippen molar-refractivity contribution >= 4 is 39.2 Å². The highest BCUT2D eigenvalue weighted by molar-refractivity contribution is 8.62. The minimum atomic E-state index is -1.79. The van der Waals surface area contributed by atoms with Crippen LogP contribution in [0.4, 0.5) is 5.69 Å². The predicted molar refractivity (Wildman–Crippen MR) is 188 cm³/mol. The van der Waals surface area contributed by atoms with Crippen molar-refractivity contribution in [1.82, 2.24) is 0 Å². The zero-order valence-corrected chi connectivity index (χ0v) is 29.0. The van der Waals surface area contributed by atoms with E-state index in [-0.39, 0.29) is 11.0 Å². The largest absolute Gasteiger partial charge is 0.381 e. The smallest absolute Gasteiger partial charge is 0.306 e. The molecule has 0 N–H and O–H groups in total. The van der Waals surface area contributed by atoms with Crippen LogP contribution in [0.25, 0.3) is 0 Å². The van der Waals surface area contributed by atoms with Crippen LogP contribution >= 0.6 is 23.2 Å². The molecule has 0 radical (unpaired) electrons. The topological polar surface area (TPSA) is 36.0 Å². The quantitative estimate of drug-likeness (QED) is 0.187. The van der Waals surface area contributed by atoms with Crippen molar-refractivity contribution in [3.05, 3.63) is 90.0 Å². The number of para-hydroxylation sites is 1. The Kier molecular flexibility index (Phi) is 11.0. The fourth-order valence-electron chi connectivity index (χ4n) is 6.90. The summed E-state index contributed by atoms with van der Waals surface area (Å²) in [6.07, 6.45) is 3.54. The van der Waals surface area contributed by atoms with Gasteiger partial charge in [-0.15, -0.1) is 5.97 Å². The van der Waals surface area contributed by atoms with Gasteiger partial charge in [0.15, 0.2) is 5.54 Å². The number of hydrogen-bond acceptors (Lipinski definition) is 4. The van der Waals surface area contributed by atoms with E-state index >= 15 is 0 Å². The number of benzene rings is 3. The average Bonchev–Trinajstić information content (AvgIpc) is 3.61. The van der Waals surface area contributed by atoms with Crippen LogP contribution in [0.15, 0.2) is 88.7 Å². The van der Waals surface area contributed by atoms with Gasteiger partial charge in [0.1, 0.15) is 0 Å². The lowest BCUT2D eigenvalue weighted by molar-refractivity contribution is -0.515. The monoisotopic (exact) mass is 612 g/mol.